The summed E-state index contributed by atoms with van der Waals surface area (Å²) >= 11 is 0. The van der Waals surface area contributed by atoms with Gasteiger partial charge in [0.1, 0.15) is 11.5 Å². The fourth-order valence-corrected chi connectivity index (χ4v) is 1.85. The van der Waals surface area contributed by atoms with E-state index in [9.17, 15) is 4.79 Å². The normalized spacial score (nSPS) is 22.9. The Morgan fingerprint density at radius 1 is 1.62 bits per heavy atom. The molecule has 0 radical (unpaired) electrons. The largest absolute Gasteiger partial charge is 0.384 e. The first-order chi connectivity index (χ1) is 7.58. The van der Waals surface area contributed by atoms with E-state index in [-0.39, 0.29) is 5.91 Å². The molecule has 1 heterocycles. The van der Waals surface area contributed by atoms with Crippen LogP contribution in [-0.2, 0) is 0 Å². The van der Waals surface area contributed by atoms with Crippen molar-refractivity contribution in [1.82, 2.24) is 9.88 Å². The Kier molecular flexibility index (Phi) is 2.81. The summed E-state index contributed by atoms with van der Waals surface area (Å²) in [4.78, 5) is 17.7. The van der Waals surface area contributed by atoms with E-state index in [1.165, 1.54) is 6.42 Å². The zero-order valence-electron chi connectivity index (χ0n) is 9.68. The maximum Gasteiger partial charge on any atom is 0.272 e. The van der Waals surface area contributed by atoms with Gasteiger partial charge < -0.3 is 10.6 Å². The van der Waals surface area contributed by atoms with Crippen LogP contribution >= 0.6 is 0 Å². The van der Waals surface area contributed by atoms with Gasteiger partial charge in [-0.25, -0.2) is 4.98 Å². The third-order valence-corrected chi connectivity index (χ3v) is 3.12. The van der Waals surface area contributed by atoms with Crippen LogP contribution in [-0.4, -0.2) is 29.4 Å². The van der Waals surface area contributed by atoms with Crippen LogP contribution in [0.5, 0.6) is 0 Å². The monoisotopic (exact) mass is 219 g/mol. The average Bonchev–Trinajstić information content (AvgIpc) is 2.93. The van der Waals surface area contributed by atoms with E-state index in [0.29, 0.717) is 17.4 Å². The highest BCUT2D eigenvalue weighted by Gasteiger charge is 2.34. The molecule has 1 aliphatic rings. The number of anilines is 1. The van der Waals surface area contributed by atoms with Crippen LogP contribution in [0.3, 0.4) is 0 Å². The molecule has 4 heteroatoms. The Balaban J connectivity index is 2.01. The van der Waals surface area contributed by atoms with Gasteiger partial charge >= 0.3 is 0 Å². The molecule has 0 spiro atoms. The van der Waals surface area contributed by atoms with Crippen molar-refractivity contribution in [2.75, 3.05) is 19.3 Å². The van der Waals surface area contributed by atoms with Gasteiger partial charge in [-0.2, -0.15) is 0 Å². The molecule has 1 aromatic rings. The first kappa shape index (κ1) is 10.9. The van der Waals surface area contributed by atoms with E-state index in [1.807, 2.05) is 7.05 Å². The molecule has 4 nitrogen and oxygen atoms in total. The molecule has 2 atom stereocenters. The third kappa shape index (κ3) is 2.32. The van der Waals surface area contributed by atoms with E-state index < -0.39 is 0 Å². The SMILES string of the molecule is CC1CC1CN(C)C(=O)c1cccc(N)n1. The van der Waals surface area contributed by atoms with Crippen molar-refractivity contribution >= 4 is 11.7 Å². The number of nitrogens with zero attached hydrogens (tertiary/aromatic N) is 2. The fourth-order valence-electron chi connectivity index (χ4n) is 1.85. The highest BCUT2D eigenvalue weighted by Crippen LogP contribution is 2.38. The van der Waals surface area contributed by atoms with Crippen molar-refractivity contribution in [3.05, 3.63) is 23.9 Å². The Labute approximate surface area is 95.5 Å². The molecule has 86 valence electrons. The average molecular weight is 219 g/mol. The van der Waals surface area contributed by atoms with Crippen LogP contribution in [0.15, 0.2) is 18.2 Å². The number of nitrogen functional groups attached to an aromatic ring is 1. The van der Waals surface area contributed by atoms with Gasteiger partial charge in [-0.3, -0.25) is 4.79 Å². The molecule has 1 saturated carbocycles. The van der Waals surface area contributed by atoms with Gasteiger partial charge in [0.25, 0.3) is 5.91 Å². The smallest absolute Gasteiger partial charge is 0.272 e. The number of nitrogens with two attached hydrogens (primary N) is 1. The lowest BCUT2D eigenvalue weighted by molar-refractivity contribution is 0.0781. The predicted molar refractivity (Wildman–Crippen MR) is 62.9 cm³/mol. The number of carbonyl (C=O) groups excluding carboxylic acids is 1. The van der Waals surface area contributed by atoms with Gasteiger partial charge in [0.15, 0.2) is 0 Å². The van der Waals surface area contributed by atoms with Crippen molar-refractivity contribution in [2.24, 2.45) is 11.8 Å². The standard InChI is InChI=1S/C12H17N3O/c1-8-6-9(8)7-15(2)12(16)10-4-3-5-11(13)14-10/h3-5,8-9H,6-7H2,1-2H3,(H2,13,14). The number of carbonyl (C=O) groups is 1. The summed E-state index contributed by atoms with van der Waals surface area (Å²) < 4.78 is 0. The third-order valence-electron chi connectivity index (χ3n) is 3.12. The van der Waals surface area contributed by atoms with Gasteiger partial charge in [-0.15, -0.1) is 0 Å². The molecule has 1 aliphatic carbocycles. The van der Waals surface area contributed by atoms with Crippen molar-refractivity contribution < 1.29 is 4.79 Å². The van der Waals surface area contributed by atoms with Gasteiger partial charge in [0, 0.05) is 13.6 Å². The maximum absolute atomic E-state index is 12.0. The van der Waals surface area contributed by atoms with E-state index >= 15 is 0 Å². The van der Waals surface area contributed by atoms with Crippen LogP contribution in [0.4, 0.5) is 5.82 Å². The number of amides is 1. The first-order valence-electron chi connectivity index (χ1n) is 5.56. The second kappa shape index (κ2) is 4.12. The second-order valence-electron chi connectivity index (χ2n) is 4.61. The Hall–Kier alpha value is -1.58. The van der Waals surface area contributed by atoms with Crippen molar-refractivity contribution in [3.63, 3.8) is 0 Å². The highest BCUT2D eigenvalue weighted by atomic mass is 16.2. The van der Waals surface area contributed by atoms with Gasteiger partial charge in [0.2, 0.25) is 0 Å². The van der Waals surface area contributed by atoms with Crippen LogP contribution < -0.4 is 5.73 Å². The lowest BCUT2D eigenvalue weighted by Crippen LogP contribution is -2.29. The zero-order chi connectivity index (χ0) is 11.7. The number of hydrogen-bond acceptors (Lipinski definition) is 3. The molecule has 0 aromatic carbocycles. The quantitative estimate of drug-likeness (QED) is 0.835. The highest BCUT2D eigenvalue weighted by molar-refractivity contribution is 5.92. The molecular weight excluding hydrogens is 202 g/mol. The second-order valence-corrected chi connectivity index (χ2v) is 4.61. The van der Waals surface area contributed by atoms with Crippen molar-refractivity contribution in [3.8, 4) is 0 Å². The van der Waals surface area contributed by atoms with Gasteiger partial charge in [0.05, 0.1) is 0 Å². The number of pyridine rings is 1. The van der Waals surface area contributed by atoms with Crippen molar-refractivity contribution in [2.45, 2.75) is 13.3 Å². The molecule has 2 unspecified atom stereocenters. The van der Waals surface area contributed by atoms with E-state index in [1.54, 1.807) is 23.1 Å². The predicted octanol–water partition coefficient (Wildman–Crippen LogP) is 1.39. The zero-order valence-corrected chi connectivity index (χ0v) is 9.68. The molecule has 16 heavy (non-hydrogen) atoms. The summed E-state index contributed by atoms with van der Waals surface area (Å²) in [6, 6.07) is 5.13. The molecule has 2 N–H and O–H groups in total. The van der Waals surface area contributed by atoms with Crippen molar-refractivity contribution in [1.29, 1.82) is 0 Å². The minimum atomic E-state index is -0.0496. The lowest BCUT2D eigenvalue weighted by Gasteiger charge is -2.16. The molecule has 1 aromatic heterocycles. The van der Waals surface area contributed by atoms with Crippen LogP contribution in [0.25, 0.3) is 0 Å². The van der Waals surface area contributed by atoms with Crippen LogP contribution in [0.1, 0.15) is 23.8 Å². The fraction of sp³-hybridized carbons (Fsp3) is 0.500. The van der Waals surface area contributed by atoms with E-state index in [4.69, 9.17) is 5.73 Å². The molecule has 1 fully saturated rings. The minimum Gasteiger partial charge on any atom is -0.384 e. The summed E-state index contributed by atoms with van der Waals surface area (Å²) in [5.74, 6) is 1.75. The number of rotatable bonds is 3. The summed E-state index contributed by atoms with van der Waals surface area (Å²) in [5.41, 5.74) is 5.98. The van der Waals surface area contributed by atoms with Gasteiger partial charge in [-0.1, -0.05) is 13.0 Å². The Morgan fingerprint density at radius 2 is 2.31 bits per heavy atom. The van der Waals surface area contributed by atoms with Crippen LogP contribution in [0, 0.1) is 11.8 Å². The van der Waals surface area contributed by atoms with E-state index in [0.717, 1.165) is 12.5 Å². The molecule has 2 rings (SSSR count). The molecule has 0 bridgehead atoms. The van der Waals surface area contributed by atoms with E-state index in [2.05, 4.69) is 11.9 Å². The topological polar surface area (TPSA) is 59.2 Å². The number of aromatic nitrogens is 1. The number of hydrogen-bond donors (Lipinski definition) is 1. The summed E-state index contributed by atoms with van der Waals surface area (Å²) in [7, 11) is 1.82. The molecule has 0 aliphatic heterocycles. The molecule has 1 amide bonds. The van der Waals surface area contributed by atoms with Crippen LogP contribution in [0.2, 0.25) is 0 Å². The summed E-state index contributed by atoms with van der Waals surface area (Å²) in [6.07, 6.45) is 1.22. The minimum absolute atomic E-state index is 0.0496. The lowest BCUT2D eigenvalue weighted by atomic mass is 10.2. The maximum atomic E-state index is 12.0. The van der Waals surface area contributed by atoms with Gasteiger partial charge in [-0.05, 0) is 30.4 Å². The molecule has 0 saturated heterocycles. The summed E-state index contributed by atoms with van der Waals surface area (Å²) in [5, 5.41) is 0. The first-order valence-corrected chi connectivity index (χ1v) is 5.56. The summed E-state index contributed by atoms with van der Waals surface area (Å²) in [6.45, 7) is 3.03. The Morgan fingerprint density at radius 3 is 2.88 bits per heavy atom. The molecular formula is C12H17N3O. The Bertz CT molecular complexity index is 405.